The summed E-state index contributed by atoms with van der Waals surface area (Å²) < 4.78 is 0.949. The highest BCUT2D eigenvalue weighted by Gasteiger charge is 2.12. The summed E-state index contributed by atoms with van der Waals surface area (Å²) >= 11 is 15.1. The van der Waals surface area contributed by atoms with Crippen molar-refractivity contribution in [2.24, 2.45) is 0 Å². The van der Waals surface area contributed by atoms with Gasteiger partial charge in [0.05, 0.1) is 10.0 Å². The fourth-order valence-electron chi connectivity index (χ4n) is 1.83. The molecule has 0 spiro atoms. The summed E-state index contributed by atoms with van der Waals surface area (Å²) in [5.41, 5.74) is 0.798. The van der Waals surface area contributed by atoms with E-state index in [0.717, 1.165) is 10.0 Å². The van der Waals surface area contributed by atoms with E-state index in [1.165, 1.54) is 17.1 Å². The first kappa shape index (κ1) is 16.8. The minimum absolute atomic E-state index is 0.121. The number of pyridine rings is 1. The van der Waals surface area contributed by atoms with Crippen LogP contribution in [0.1, 0.15) is 0 Å². The Hall–Kier alpha value is -2.03. The zero-order chi connectivity index (χ0) is 17.1. The minimum Gasteiger partial charge on any atom is -0.308 e. The van der Waals surface area contributed by atoms with Gasteiger partial charge in [0, 0.05) is 16.2 Å². The first-order valence-corrected chi connectivity index (χ1v) is 8.21. The van der Waals surface area contributed by atoms with E-state index in [4.69, 9.17) is 23.2 Å². The van der Waals surface area contributed by atoms with Gasteiger partial charge in [-0.1, -0.05) is 39.1 Å². The molecule has 0 saturated heterocycles. The van der Waals surface area contributed by atoms with Gasteiger partial charge >= 0.3 is 0 Å². The standard InChI is InChI=1S/C14H9BrCl2N6O/c15-9-3-1-8(2-4-9)13-20-22-23(21-13)7-12(24)19-14-11(17)5-10(16)6-18-14/h1-6H,7H2,(H,18,19,24). The molecule has 1 aromatic carbocycles. The zero-order valence-corrected chi connectivity index (χ0v) is 15.0. The number of aromatic nitrogens is 5. The molecule has 0 unspecified atom stereocenters. The van der Waals surface area contributed by atoms with Crippen LogP contribution in [0.3, 0.4) is 0 Å². The third-order valence-corrected chi connectivity index (χ3v) is 3.93. The second kappa shape index (κ2) is 7.25. The van der Waals surface area contributed by atoms with Crippen LogP contribution in [0.15, 0.2) is 41.0 Å². The van der Waals surface area contributed by atoms with Gasteiger partial charge in [0.2, 0.25) is 11.7 Å². The SMILES string of the molecule is O=C(Cn1nnc(-c2ccc(Br)cc2)n1)Nc1ncc(Cl)cc1Cl. The van der Waals surface area contributed by atoms with Crippen molar-refractivity contribution in [1.82, 2.24) is 25.2 Å². The molecule has 0 aliphatic rings. The fourth-order valence-corrected chi connectivity index (χ4v) is 2.52. The Bertz CT molecular complexity index is 883. The quantitative estimate of drug-likeness (QED) is 0.689. The van der Waals surface area contributed by atoms with Crippen LogP contribution in [0.2, 0.25) is 10.0 Å². The molecule has 7 nitrogen and oxygen atoms in total. The van der Waals surface area contributed by atoms with Crippen molar-refractivity contribution in [2.75, 3.05) is 5.32 Å². The monoisotopic (exact) mass is 426 g/mol. The van der Waals surface area contributed by atoms with E-state index in [1.54, 1.807) is 0 Å². The smallest absolute Gasteiger partial charge is 0.249 e. The van der Waals surface area contributed by atoms with Crippen LogP contribution >= 0.6 is 39.1 Å². The van der Waals surface area contributed by atoms with Gasteiger partial charge in [-0.3, -0.25) is 4.79 Å². The summed E-state index contributed by atoms with van der Waals surface area (Å²) in [6.07, 6.45) is 1.39. The molecule has 0 radical (unpaired) electrons. The van der Waals surface area contributed by atoms with Crippen molar-refractivity contribution in [1.29, 1.82) is 0 Å². The lowest BCUT2D eigenvalue weighted by molar-refractivity contribution is -0.117. The second-order valence-electron chi connectivity index (χ2n) is 4.68. The van der Waals surface area contributed by atoms with Crippen LogP contribution in [0, 0.1) is 0 Å². The highest BCUT2D eigenvalue weighted by Crippen LogP contribution is 2.22. The average Bonchev–Trinajstić information content (AvgIpc) is 2.99. The predicted molar refractivity (Wildman–Crippen MR) is 93.8 cm³/mol. The molecule has 2 aromatic heterocycles. The summed E-state index contributed by atoms with van der Waals surface area (Å²) in [7, 11) is 0. The number of nitrogens with zero attached hydrogens (tertiary/aromatic N) is 5. The molecule has 3 aromatic rings. The van der Waals surface area contributed by atoms with E-state index in [0.29, 0.717) is 10.8 Å². The van der Waals surface area contributed by atoms with Gasteiger partial charge < -0.3 is 5.32 Å². The molecule has 2 heterocycles. The second-order valence-corrected chi connectivity index (χ2v) is 6.44. The lowest BCUT2D eigenvalue weighted by Crippen LogP contribution is -2.21. The number of anilines is 1. The Morgan fingerprint density at radius 2 is 2.00 bits per heavy atom. The molecule has 1 amide bonds. The van der Waals surface area contributed by atoms with Crippen LogP contribution in [0.25, 0.3) is 11.4 Å². The minimum atomic E-state index is -0.383. The number of hydrogen-bond acceptors (Lipinski definition) is 5. The molecular formula is C14H9BrCl2N6O. The number of amides is 1. The van der Waals surface area contributed by atoms with E-state index in [2.05, 4.69) is 41.6 Å². The van der Waals surface area contributed by atoms with Gasteiger partial charge in [-0.15, -0.1) is 10.2 Å². The normalized spacial score (nSPS) is 10.6. The predicted octanol–water partition coefficient (Wildman–Crippen LogP) is 3.44. The van der Waals surface area contributed by atoms with Crippen LogP contribution in [-0.4, -0.2) is 31.1 Å². The number of rotatable bonds is 4. The van der Waals surface area contributed by atoms with E-state index < -0.39 is 0 Å². The Balaban J connectivity index is 1.68. The third kappa shape index (κ3) is 4.08. The summed E-state index contributed by atoms with van der Waals surface area (Å²) in [5.74, 6) is 0.267. The van der Waals surface area contributed by atoms with Crippen LogP contribution in [0.5, 0.6) is 0 Å². The molecule has 0 aliphatic carbocycles. The highest BCUT2D eigenvalue weighted by atomic mass is 79.9. The van der Waals surface area contributed by atoms with Crippen molar-refractivity contribution < 1.29 is 4.79 Å². The molecule has 0 fully saturated rings. The highest BCUT2D eigenvalue weighted by molar-refractivity contribution is 9.10. The van der Waals surface area contributed by atoms with Crippen molar-refractivity contribution >= 4 is 50.9 Å². The number of carbonyl (C=O) groups is 1. The number of halogens is 3. The number of carbonyl (C=O) groups excluding carboxylic acids is 1. The summed E-state index contributed by atoms with van der Waals surface area (Å²) in [6, 6.07) is 8.94. The summed E-state index contributed by atoms with van der Waals surface area (Å²) in [4.78, 5) is 17.2. The largest absolute Gasteiger partial charge is 0.308 e. The molecule has 0 saturated carbocycles. The fraction of sp³-hybridized carbons (Fsp3) is 0.0714. The van der Waals surface area contributed by atoms with E-state index in [9.17, 15) is 4.79 Å². The van der Waals surface area contributed by atoms with Gasteiger partial charge in [0.25, 0.3) is 0 Å². The first-order valence-electron chi connectivity index (χ1n) is 6.66. The Morgan fingerprint density at radius 1 is 1.25 bits per heavy atom. The third-order valence-electron chi connectivity index (χ3n) is 2.91. The number of hydrogen-bond donors (Lipinski definition) is 1. The molecule has 3 rings (SSSR count). The van der Waals surface area contributed by atoms with Crippen molar-refractivity contribution in [3.8, 4) is 11.4 Å². The maximum atomic E-state index is 12.0. The van der Waals surface area contributed by atoms with Gasteiger partial charge in [-0.2, -0.15) is 4.80 Å². The van der Waals surface area contributed by atoms with Crippen LogP contribution < -0.4 is 5.32 Å². The maximum Gasteiger partial charge on any atom is 0.249 e. The van der Waals surface area contributed by atoms with Crippen molar-refractivity contribution in [3.05, 3.63) is 51.0 Å². The Morgan fingerprint density at radius 3 is 2.71 bits per heavy atom. The van der Waals surface area contributed by atoms with Gasteiger partial charge in [-0.25, -0.2) is 4.98 Å². The van der Waals surface area contributed by atoms with Crippen LogP contribution in [-0.2, 0) is 11.3 Å². The van der Waals surface area contributed by atoms with E-state index in [1.807, 2.05) is 24.3 Å². The van der Waals surface area contributed by atoms with Gasteiger partial charge in [-0.05, 0) is 35.5 Å². The molecule has 0 bridgehead atoms. The molecule has 122 valence electrons. The Labute approximate surface area is 155 Å². The van der Waals surface area contributed by atoms with E-state index in [-0.39, 0.29) is 23.3 Å². The van der Waals surface area contributed by atoms with Crippen molar-refractivity contribution in [3.63, 3.8) is 0 Å². The molecule has 10 heteroatoms. The lowest BCUT2D eigenvalue weighted by Gasteiger charge is -2.05. The van der Waals surface area contributed by atoms with Gasteiger partial charge in [0.15, 0.2) is 5.82 Å². The molecule has 0 aliphatic heterocycles. The van der Waals surface area contributed by atoms with Crippen LogP contribution in [0.4, 0.5) is 5.82 Å². The van der Waals surface area contributed by atoms with Gasteiger partial charge in [0.1, 0.15) is 6.54 Å². The summed E-state index contributed by atoms with van der Waals surface area (Å²) in [5, 5.41) is 15.2. The maximum absolute atomic E-state index is 12.0. The van der Waals surface area contributed by atoms with E-state index >= 15 is 0 Å². The number of benzene rings is 1. The Kier molecular flexibility index (Phi) is 5.08. The number of nitrogens with one attached hydrogen (secondary N) is 1. The zero-order valence-electron chi connectivity index (χ0n) is 11.9. The number of tetrazole rings is 1. The lowest BCUT2D eigenvalue weighted by atomic mass is 10.2. The first-order chi connectivity index (χ1) is 11.5. The molecule has 1 N–H and O–H groups in total. The molecular weight excluding hydrogens is 419 g/mol. The topological polar surface area (TPSA) is 85.6 Å². The molecule has 0 atom stereocenters. The average molecular weight is 428 g/mol. The summed E-state index contributed by atoms with van der Waals surface area (Å²) in [6.45, 7) is -0.121. The van der Waals surface area contributed by atoms with Crippen molar-refractivity contribution in [2.45, 2.75) is 6.54 Å². The molecule has 24 heavy (non-hydrogen) atoms.